The van der Waals surface area contributed by atoms with E-state index in [9.17, 15) is 18.0 Å². The molecule has 0 atom stereocenters. The van der Waals surface area contributed by atoms with E-state index in [1.165, 1.54) is 6.07 Å². The van der Waals surface area contributed by atoms with Gasteiger partial charge in [0.2, 0.25) is 11.8 Å². The predicted octanol–water partition coefficient (Wildman–Crippen LogP) is -1.20. The van der Waals surface area contributed by atoms with Crippen LogP contribution in [0.15, 0.2) is 17.2 Å². The molecule has 0 radical (unpaired) electrons. The Kier molecular flexibility index (Phi) is 5.03. The van der Waals surface area contributed by atoms with Crippen LogP contribution in [0.4, 0.5) is 5.82 Å². The summed E-state index contributed by atoms with van der Waals surface area (Å²) in [6.07, 6.45) is 1.39. The molecule has 1 aromatic rings. The lowest BCUT2D eigenvalue weighted by atomic mass is 10.1. The largest absolute Gasteiger partial charge is 0.370 e. The van der Waals surface area contributed by atoms with Gasteiger partial charge >= 0.3 is 0 Å². The number of anilines is 1. The molecule has 9 heteroatoms. The number of rotatable bonds is 7. The highest BCUT2D eigenvalue weighted by atomic mass is 32.2. The van der Waals surface area contributed by atoms with E-state index in [1.54, 1.807) is 6.07 Å². The van der Waals surface area contributed by atoms with Gasteiger partial charge in [-0.25, -0.2) is 13.4 Å². The molecule has 0 bridgehead atoms. The zero-order chi connectivity index (χ0) is 15.3. The maximum absolute atomic E-state index is 11.5. The van der Waals surface area contributed by atoms with Crippen LogP contribution < -0.4 is 16.8 Å². The van der Waals surface area contributed by atoms with E-state index in [-0.39, 0.29) is 30.2 Å². The van der Waals surface area contributed by atoms with E-state index >= 15 is 0 Å². The molecule has 0 aromatic carbocycles. The van der Waals surface area contributed by atoms with Crippen LogP contribution in [0.5, 0.6) is 0 Å². The number of nitrogens with two attached hydrogens (primary N) is 2. The third kappa shape index (κ3) is 5.22. The lowest BCUT2D eigenvalue weighted by Crippen LogP contribution is -2.22. The summed E-state index contributed by atoms with van der Waals surface area (Å²) in [5, 5.41) is 2.47. The Morgan fingerprint density at radius 1 is 1.25 bits per heavy atom. The van der Waals surface area contributed by atoms with Gasteiger partial charge in [0.25, 0.3) is 0 Å². The number of amides is 2. The molecule has 1 aromatic heterocycles. The predicted molar refractivity (Wildman–Crippen MR) is 72.5 cm³/mol. The van der Waals surface area contributed by atoms with Crippen LogP contribution in [0.25, 0.3) is 0 Å². The highest BCUT2D eigenvalue weighted by molar-refractivity contribution is 7.90. The standard InChI is InChI=1S/C11H16N4O4S/c1-20(18,19)11-5-7(2-3-8(12)16)4-10(15-11)14-6-9(13)17/h4-5H,2-3,6H2,1H3,(H2,12,16)(H2,13,17)(H,14,15). The fourth-order valence-electron chi connectivity index (χ4n) is 1.43. The summed E-state index contributed by atoms with van der Waals surface area (Å²) in [6.45, 7) is -0.171. The monoisotopic (exact) mass is 300 g/mol. The molecule has 0 aliphatic rings. The third-order valence-corrected chi connectivity index (χ3v) is 3.31. The Balaban J connectivity index is 3.07. The zero-order valence-electron chi connectivity index (χ0n) is 10.9. The number of pyridine rings is 1. The first-order chi connectivity index (χ1) is 9.18. The van der Waals surface area contributed by atoms with Gasteiger partial charge in [-0.3, -0.25) is 9.59 Å². The van der Waals surface area contributed by atoms with Crippen molar-refractivity contribution < 1.29 is 18.0 Å². The minimum atomic E-state index is -3.51. The van der Waals surface area contributed by atoms with Crippen molar-refractivity contribution in [3.05, 3.63) is 17.7 Å². The summed E-state index contributed by atoms with van der Waals surface area (Å²) in [7, 11) is -3.51. The fourth-order valence-corrected chi connectivity index (χ4v) is 2.06. The molecule has 0 aliphatic heterocycles. The maximum Gasteiger partial charge on any atom is 0.236 e. The molecule has 20 heavy (non-hydrogen) atoms. The summed E-state index contributed by atoms with van der Waals surface area (Å²) in [5.41, 5.74) is 10.6. The van der Waals surface area contributed by atoms with Gasteiger partial charge in [-0.2, -0.15) is 0 Å². The molecule has 2 amide bonds. The van der Waals surface area contributed by atoms with E-state index in [1.807, 2.05) is 0 Å². The fraction of sp³-hybridized carbons (Fsp3) is 0.364. The van der Waals surface area contributed by atoms with E-state index in [0.29, 0.717) is 5.56 Å². The van der Waals surface area contributed by atoms with Crippen molar-refractivity contribution in [2.75, 3.05) is 18.1 Å². The number of aromatic nitrogens is 1. The third-order valence-electron chi connectivity index (χ3n) is 2.35. The number of primary amides is 2. The molecule has 5 N–H and O–H groups in total. The van der Waals surface area contributed by atoms with E-state index < -0.39 is 21.7 Å². The zero-order valence-corrected chi connectivity index (χ0v) is 11.7. The van der Waals surface area contributed by atoms with Gasteiger partial charge in [0.1, 0.15) is 5.82 Å². The number of sulfone groups is 1. The Bertz CT molecular complexity index is 591. The van der Waals surface area contributed by atoms with Crippen LogP contribution in [0.2, 0.25) is 0 Å². The second kappa shape index (κ2) is 6.33. The number of hydrogen-bond donors (Lipinski definition) is 3. The second-order valence-corrected chi connectivity index (χ2v) is 6.22. The van der Waals surface area contributed by atoms with E-state index in [4.69, 9.17) is 11.5 Å². The van der Waals surface area contributed by atoms with Crippen LogP contribution in [0.3, 0.4) is 0 Å². The number of carbonyl (C=O) groups excluding carboxylic acids is 2. The Morgan fingerprint density at radius 2 is 1.90 bits per heavy atom. The molecule has 0 fully saturated rings. The van der Waals surface area contributed by atoms with Gasteiger partial charge < -0.3 is 16.8 Å². The first-order valence-electron chi connectivity index (χ1n) is 5.70. The summed E-state index contributed by atoms with van der Waals surface area (Å²) in [5.74, 6) is -0.893. The minimum absolute atomic E-state index is 0.0858. The quantitative estimate of drug-likeness (QED) is 0.576. The molecule has 0 unspecified atom stereocenters. The van der Waals surface area contributed by atoms with Gasteiger partial charge in [-0.15, -0.1) is 0 Å². The minimum Gasteiger partial charge on any atom is -0.370 e. The number of hydrogen-bond acceptors (Lipinski definition) is 6. The van der Waals surface area contributed by atoms with Gasteiger partial charge in [0.05, 0.1) is 6.54 Å². The van der Waals surface area contributed by atoms with Crippen molar-refractivity contribution in [3.8, 4) is 0 Å². The van der Waals surface area contributed by atoms with E-state index in [2.05, 4.69) is 10.3 Å². The number of nitrogens with zero attached hydrogens (tertiary/aromatic N) is 1. The average molecular weight is 300 g/mol. The highest BCUT2D eigenvalue weighted by Gasteiger charge is 2.13. The number of carbonyl (C=O) groups is 2. The van der Waals surface area contributed by atoms with Crippen molar-refractivity contribution in [1.29, 1.82) is 0 Å². The van der Waals surface area contributed by atoms with Crippen molar-refractivity contribution in [3.63, 3.8) is 0 Å². The van der Waals surface area contributed by atoms with Crippen LogP contribution in [-0.4, -0.2) is 38.0 Å². The summed E-state index contributed by atoms with van der Waals surface area (Å²) < 4.78 is 23.1. The van der Waals surface area contributed by atoms with Crippen molar-refractivity contribution in [2.24, 2.45) is 11.5 Å². The summed E-state index contributed by atoms with van der Waals surface area (Å²) >= 11 is 0. The molecule has 1 rings (SSSR count). The number of aryl methyl sites for hydroxylation is 1. The Morgan fingerprint density at radius 3 is 2.40 bits per heavy atom. The van der Waals surface area contributed by atoms with E-state index in [0.717, 1.165) is 6.26 Å². The lowest BCUT2D eigenvalue weighted by molar-refractivity contribution is -0.118. The molecule has 0 aliphatic carbocycles. The Labute approximate surface area is 116 Å². The molecule has 110 valence electrons. The van der Waals surface area contributed by atoms with Crippen LogP contribution in [0, 0.1) is 0 Å². The van der Waals surface area contributed by atoms with Gasteiger partial charge in [-0.05, 0) is 24.1 Å². The van der Waals surface area contributed by atoms with Crippen LogP contribution >= 0.6 is 0 Å². The molecule has 0 saturated heterocycles. The number of nitrogens with one attached hydrogen (secondary N) is 1. The molecule has 1 heterocycles. The van der Waals surface area contributed by atoms with Crippen molar-refractivity contribution in [2.45, 2.75) is 17.9 Å². The first-order valence-corrected chi connectivity index (χ1v) is 7.59. The molecular weight excluding hydrogens is 284 g/mol. The first kappa shape index (κ1) is 15.9. The normalized spacial score (nSPS) is 11.1. The molecule has 0 saturated carbocycles. The molecule has 8 nitrogen and oxygen atoms in total. The van der Waals surface area contributed by atoms with Gasteiger partial charge in [0, 0.05) is 12.7 Å². The van der Waals surface area contributed by atoms with Gasteiger partial charge in [0.15, 0.2) is 14.9 Å². The van der Waals surface area contributed by atoms with Crippen LogP contribution in [0.1, 0.15) is 12.0 Å². The molecular formula is C11H16N4O4S. The summed E-state index contributed by atoms with van der Waals surface area (Å²) in [6, 6.07) is 2.91. The SMILES string of the molecule is CS(=O)(=O)c1cc(CCC(N)=O)cc(NCC(N)=O)n1. The van der Waals surface area contributed by atoms with Gasteiger partial charge in [-0.1, -0.05) is 0 Å². The maximum atomic E-state index is 11.5. The lowest BCUT2D eigenvalue weighted by Gasteiger charge is -2.08. The smallest absolute Gasteiger partial charge is 0.236 e. The van der Waals surface area contributed by atoms with Crippen LogP contribution in [-0.2, 0) is 25.8 Å². The van der Waals surface area contributed by atoms with Crippen molar-refractivity contribution in [1.82, 2.24) is 4.98 Å². The molecule has 0 spiro atoms. The topological polar surface area (TPSA) is 145 Å². The Hall–Kier alpha value is -2.16. The van der Waals surface area contributed by atoms with Crippen molar-refractivity contribution >= 4 is 27.5 Å². The highest BCUT2D eigenvalue weighted by Crippen LogP contribution is 2.16. The summed E-state index contributed by atoms with van der Waals surface area (Å²) in [4.78, 5) is 25.4. The average Bonchev–Trinajstić information content (AvgIpc) is 2.32. The second-order valence-electron chi connectivity index (χ2n) is 4.26.